The van der Waals surface area contributed by atoms with Crippen LogP contribution in [0.1, 0.15) is 32.8 Å². The molecule has 0 fully saturated rings. The topological polar surface area (TPSA) is 50.4 Å². The van der Waals surface area contributed by atoms with Crippen LogP contribution in [0.3, 0.4) is 0 Å². The summed E-state index contributed by atoms with van der Waals surface area (Å²) in [5.74, 6) is 0.231. The third-order valence-electron chi connectivity index (χ3n) is 3.12. The van der Waals surface area contributed by atoms with Crippen molar-refractivity contribution in [2.45, 2.75) is 39.8 Å². The van der Waals surface area contributed by atoms with Gasteiger partial charge in [0.25, 0.3) is 0 Å². The summed E-state index contributed by atoms with van der Waals surface area (Å²) in [7, 11) is 1.62. The summed E-state index contributed by atoms with van der Waals surface area (Å²) < 4.78 is 18.9. The maximum absolute atomic E-state index is 13.8. The summed E-state index contributed by atoms with van der Waals surface area (Å²) in [4.78, 5) is 11.8. The van der Waals surface area contributed by atoms with Crippen molar-refractivity contribution >= 4 is 5.91 Å². The molecule has 2 N–H and O–H groups in total. The summed E-state index contributed by atoms with van der Waals surface area (Å²) >= 11 is 0. The van der Waals surface area contributed by atoms with Crippen LogP contribution in [-0.4, -0.2) is 25.6 Å². The molecule has 0 aliphatic rings. The van der Waals surface area contributed by atoms with Crippen molar-refractivity contribution in [2.75, 3.05) is 13.7 Å². The van der Waals surface area contributed by atoms with E-state index < -0.39 is 0 Å². The van der Waals surface area contributed by atoms with E-state index >= 15 is 0 Å². The molecule has 0 unspecified atom stereocenters. The van der Waals surface area contributed by atoms with Gasteiger partial charge in [-0.05, 0) is 37.0 Å². The van der Waals surface area contributed by atoms with Crippen molar-refractivity contribution in [3.05, 3.63) is 29.6 Å². The maximum atomic E-state index is 13.8. The highest BCUT2D eigenvalue weighted by molar-refractivity contribution is 5.81. The van der Waals surface area contributed by atoms with E-state index in [1.807, 2.05) is 6.92 Å². The molecule has 118 valence electrons. The minimum atomic E-state index is -0.378. The molecule has 0 saturated carbocycles. The largest absolute Gasteiger partial charge is 0.491 e. The third kappa shape index (κ3) is 5.71. The Bertz CT molecular complexity index is 464. The predicted molar refractivity (Wildman–Crippen MR) is 81.7 cm³/mol. The van der Waals surface area contributed by atoms with Crippen LogP contribution in [0.25, 0.3) is 0 Å². The Kier molecular flexibility index (Phi) is 7.15. The lowest BCUT2D eigenvalue weighted by molar-refractivity contribution is -0.123. The molecule has 0 spiro atoms. The molecule has 21 heavy (non-hydrogen) atoms. The number of carbonyl (C=O) groups excluding carboxylic acids is 1. The zero-order chi connectivity index (χ0) is 15.8. The molecule has 5 heteroatoms. The predicted octanol–water partition coefficient (Wildman–Crippen LogP) is 2.47. The van der Waals surface area contributed by atoms with Gasteiger partial charge >= 0.3 is 0 Å². The van der Waals surface area contributed by atoms with Crippen LogP contribution in [0, 0.1) is 11.7 Å². The number of hydrogen-bond acceptors (Lipinski definition) is 3. The number of ether oxygens (including phenoxy) is 1. The molecule has 0 saturated heterocycles. The number of rotatable bonds is 8. The number of halogens is 1. The molecule has 0 aromatic heterocycles. The minimum Gasteiger partial charge on any atom is -0.491 e. The molecule has 0 radical (unpaired) electrons. The maximum Gasteiger partial charge on any atom is 0.236 e. The lowest BCUT2D eigenvalue weighted by atomic mass is 10.0. The van der Waals surface area contributed by atoms with Crippen LogP contribution in [-0.2, 0) is 11.3 Å². The quantitative estimate of drug-likeness (QED) is 0.775. The first kappa shape index (κ1) is 17.4. The van der Waals surface area contributed by atoms with Crippen molar-refractivity contribution < 1.29 is 13.9 Å². The zero-order valence-corrected chi connectivity index (χ0v) is 13.2. The molecule has 0 aliphatic heterocycles. The van der Waals surface area contributed by atoms with Crippen LogP contribution in [0.15, 0.2) is 18.2 Å². The number of carbonyl (C=O) groups is 1. The van der Waals surface area contributed by atoms with Gasteiger partial charge < -0.3 is 15.4 Å². The Balaban J connectivity index is 2.67. The average Bonchev–Trinajstić information content (AvgIpc) is 2.45. The molecule has 1 aromatic rings. The highest BCUT2D eigenvalue weighted by atomic mass is 19.1. The van der Waals surface area contributed by atoms with Crippen LogP contribution < -0.4 is 15.4 Å². The van der Waals surface area contributed by atoms with Gasteiger partial charge in [-0.3, -0.25) is 4.79 Å². The summed E-state index contributed by atoms with van der Waals surface area (Å²) in [6, 6.07) is 4.59. The molecule has 1 atom stereocenters. The smallest absolute Gasteiger partial charge is 0.236 e. The fourth-order valence-electron chi connectivity index (χ4n) is 2.10. The monoisotopic (exact) mass is 296 g/mol. The molecule has 0 aliphatic carbocycles. The van der Waals surface area contributed by atoms with E-state index in [2.05, 4.69) is 24.5 Å². The highest BCUT2D eigenvalue weighted by Crippen LogP contribution is 2.18. The molecule has 0 heterocycles. The molecular weight excluding hydrogens is 271 g/mol. The summed E-state index contributed by atoms with van der Waals surface area (Å²) in [6.07, 6.45) is 0.735. The van der Waals surface area contributed by atoms with Crippen molar-refractivity contribution in [2.24, 2.45) is 5.92 Å². The van der Waals surface area contributed by atoms with E-state index in [0.29, 0.717) is 19.1 Å². The number of nitrogens with one attached hydrogen (secondary N) is 2. The van der Waals surface area contributed by atoms with E-state index in [0.717, 1.165) is 12.0 Å². The Labute approximate surface area is 126 Å². The average molecular weight is 296 g/mol. The van der Waals surface area contributed by atoms with E-state index in [9.17, 15) is 9.18 Å². The molecule has 1 amide bonds. The summed E-state index contributed by atoms with van der Waals surface area (Å²) in [6.45, 7) is 6.81. The minimum absolute atomic E-state index is 0.0462. The van der Waals surface area contributed by atoms with Crippen LogP contribution in [0.5, 0.6) is 5.75 Å². The van der Waals surface area contributed by atoms with E-state index in [1.54, 1.807) is 19.2 Å². The van der Waals surface area contributed by atoms with Gasteiger partial charge in [-0.15, -0.1) is 0 Å². The number of amides is 1. The first-order valence-corrected chi connectivity index (χ1v) is 7.34. The van der Waals surface area contributed by atoms with Crippen molar-refractivity contribution in [1.82, 2.24) is 10.6 Å². The third-order valence-corrected chi connectivity index (χ3v) is 3.12. The van der Waals surface area contributed by atoms with Gasteiger partial charge in [-0.2, -0.15) is 0 Å². The van der Waals surface area contributed by atoms with Crippen LogP contribution in [0.4, 0.5) is 4.39 Å². The first-order valence-electron chi connectivity index (χ1n) is 7.34. The zero-order valence-electron chi connectivity index (χ0n) is 13.2. The normalized spacial score (nSPS) is 12.3. The molecule has 1 rings (SSSR count). The van der Waals surface area contributed by atoms with Gasteiger partial charge in [-0.1, -0.05) is 19.9 Å². The van der Waals surface area contributed by atoms with Gasteiger partial charge in [-0.25, -0.2) is 4.39 Å². The second-order valence-electron chi connectivity index (χ2n) is 5.38. The van der Waals surface area contributed by atoms with Crippen molar-refractivity contribution in [3.8, 4) is 5.75 Å². The van der Waals surface area contributed by atoms with Gasteiger partial charge in [0.1, 0.15) is 0 Å². The Hall–Kier alpha value is -1.62. The SMILES string of the molecule is CCOc1ccc(CN[C@@H](CC(C)C)C(=O)NC)cc1F. The Morgan fingerprint density at radius 3 is 2.62 bits per heavy atom. The molecule has 0 bridgehead atoms. The van der Waals surface area contributed by atoms with Crippen LogP contribution in [0.2, 0.25) is 0 Å². The van der Waals surface area contributed by atoms with Crippen molar-refractivity contribution in [1.29, 1.82) is 0 Å². The summed E-state index contributed by atoms with van der Waals surface area (Å²) in [5, 5.41) is 5.83. The number of benzene rings is 1. The number of likely N-dealkylation sites (N-methyl/N-ethyl adjacent to an activating group) is 1. The van der Waals surface area contributed by atoms with E-state index in [1.165, 1.54) is 6.07 Å². The summed E-state index contributed by atoms with van der Waals surface area (Å²) in [5.41, 5.74) is 0.786. The van der Waals surface area contributed by atoms with Crippen LogP contribution >= 0.6 is 0 Å². The fourth-order valence-corrected chi connectivity index (χ4v) is 2.10. The van der Waals surface area contributed by atoms with E-state index in [4.69, 9.17) is 4.74 Å². The van der Waals surface area contributed by atoms with Gasteiger partial charge in [0, 0.05) is 13.6 Å². The molecular formula is C16H25FN2O2. The highest BCUT2D eigenvalue weighted by Gasteiger charge is 2.18. The lowest BCUT2D eigenvalue weighted by Crippen LogP contribution is -2.43. The van der Waals surface area contributed by atoms with Gasteiger partial charge in [0.2, 0.25) is 5.91 Å². The second-order valence-corrected chi connectivity index (χ2v) is 5.38. The lowest BCUT2D eigenvalue weighted by Gasteiger charge is -2.19. The standard InChI is InChI=1S/C16H25FN2O2/c1-5-21-15-7-6-12(9-13(15)17)10-19-14(8-11(2)3)16(20)18-4/h6-7,9,11,14,19H,5,8,10H2,1-4H3,(H,18,20)/t14-/m0/s1. The van der Waals surface area contributed by atoms with Crippen molar-refractivity contribution in [3.63, 3.8) is 0 Å². The Morgan fingerprint density at radius 2 is 2.10 bits per heavy atom. The first-order chi connectivity index (χ1) is 9.97. The van der Waals surface area contributed by atoms with E-state index in [-0.39, 0.29) is 23.5 Å². The number of hydrogen-bond donors (Lipinski definition) is 2. The molecule has 1 aromatic carbocycles. The fraction of sp³-hybridized carbons (Fsp3) is 0.562. The Morgan fingerprint density at radius 1 is 1.38 bits per heavy atom. The second kappa shape index (κ2) is 8.62. The van der Waals surface area contributed by atoms with Gasteiger partial charge in [0.15, 0.2) is 11.6 Å². The van der Waals surface area contributed by atoms with Gasteiger partial charge in [0.05, 0.1) is 12.6 Å². The molecule has 4 nitrogen and oxygen atoms in total.